The summed E-state index contributed by atoms with van der Waals surface area (Å²) in [6, 6.07) is 15.3. The number of hydrogen-bond acceptors (Lipinski definition) is 4. The Morgan fingerprint density at radius 1 is 1.11 bits per heavy atom. The van der Waals surface area contributed by atoms with E-state index in [0.29, 0.717) is 12.2 Å². The number of furan rings is 1. The highest BCUT2D eigenvalue weighted by Gasteiger charge is 2.24. The number of nitrogens with zero attached hydrogens (tertiary/aromatic N) is 2. The van der Waals surface area contributed by atoms with Gasteiger partial charge in [0.2, 0.25) is 0 Å². The van der Waals surface area contributed by atoms with Crippen molar-refractivity contribution >= 4 is 5.91 Å². The highest BCUT2D eigenvalue weighted by atomic mass is 16.5. The number of piperidine rings is 1. The average molecular weight is 362 g/mol. The zero-order chi connectivity index (χ0) is 18.5. The molecule has 4 rings (SSSR count). The molecule has 3 heterocycles. The van der Waals surface area contributed by atoms with E-state index in [1.807, 2.05) is 59.6 Å². The van der Waals surface area contributed by atoms with Gasteiger partial charge < -0.3 is 14.1 Å². The Hall–Kier alpha value is -2.92. The summed E-state index contributed by atoms with van der Waals surface area (Å²) < 4.78 is 11.4. The lowest BCUT2D eigenvalue weighted by atomic mass is 10.0. The Balaban J connectivity index is 1.29. The molecule has 1 fully saturated rings. The molecule has 1 aromatic carbocycles. The van der Waals surface area contributed by atoms with Crippen LogP contribution in [0.2, 0.25) is 0 Å². The van der Waals surface area contributed by atoms with Crippen molar-refractivity contribution in [1.82, 2.24) is 9.88 Å². The van der Waals surface area contributed by atoms with Gasteiger partial charge in [-0.15, -0.1) is 0 Å². The van der Waals surface area contributed by atoms with Crippen molar-refractivity contribution in [2.75, 3.05) is 13.1 Å². The normalized spacial score (nSPS) is 15.0. The number of rotatable bonds is 5. The lowest BCUT2D eigenvalue weighted by Crippen LogP contribution is -2.40. The van der Waals surface area contributed by atoms with E-state index in [0.717, 1.165) is 42.8 Å². The number of benzene rings is 1. The monoisotopic (exact) mass is 362 g/mol. The maximum Gasteiger partial charge on any atom is 0.253 e. The van der Waals surface area contributed by atoms with E-state index in [1.54, 1.807) is 12.5 Å². The third-order valence-electron chi connectivity index (χ3n) is 4.88. The Morgan fingerprint density at radius 2 is 1.93 bits per heavy atom. The standard InChI is InChI=1S/C22H22N2O3/c25-22(19-7-5-18(6-8-19)21-4-2-14-26-21)24-12-9-20(10-13-24)27-16-17-3-1-11-23-15-17/h1-8,11,14-15,20H,9-10,12-13,16H2. The molecule has 0 aliphatic carbocycles. The predicted molar refractivity (Wildman–Crippen MR) is 102 cm³/mol. The first kappa shape index (κ1) is 17.5. The van der Waals surface area contributed by atoms with Gasteiger partial charge in [-0.05, 0) is 48.7 Å². The van der Waals surface area contributed by atoms with Crippen molar-refractivity contribution < 1.29 is 13.9 Å². The van der Waals surface area contributed by atoms with Gasteiger partial charge in [-0.2, -0.15) is 0 Å². The zero-order valence-corrected chi connectivity index (χ0v) is 15.1. The first-order valence-electron chi connectivity index (χ1n) is 9.23. The van der Waals surface area contributed by atoms with Crippen molar-refractivity contribution in [2.24, 2.45) is 0 Å². The summed E-state index contributed by atoms with van der Waals surface area (Å²) in [6.45, 7) is 2.01. The van der Waals surface area contributed by atoms with Crippen molar-refractivity contribution in [3.63, 3.8) is 0 Å². The van der Waals surface area contributed by atoms with Gasteiger partial charge in [-0.1, -0.05) is 18.2 Å². The highest BCUT2D eigenvalue weighted by molar-refractivity contribution is 5.94. The average Bonchev–Trinajstić information content (AvgIpc) is 3.28. The minimum absolute atomic E-state index is 0.0757. The Morgan fingerprint density at radius 3 is 2.59 bits per heavy atom. The van der Waals surface area contributed by atoms with Gasteiger partial charge in [0.1, 0.15) is 5.76 Å². The number of ether oxygens (including phenoxy) is 1. The number of hydrogen-bond donors (Lipinski definition) is 0. The van der Waals surface area contributed by atoms with Crippen molar-refractivity contribution in [3.05, 3.63) is 78.3 Å². The molecule has 0 saturated carbocycles. The van der Waals surface area contributed by atoms with Crippen LogP contribution in [0.25, 0.3) is 11.3 Å². The number of aromatic nitrogens is 1. The summed E-state index contributed by atoms with van der Waals surface area (Å²) in [4.78, 5) is 18.7. The van der Waals surface area contributed by atoms with Gasteiger partial charge in [0, 0.05) is 36.6 Å². The maximum atomic E-state index is 12.7. The number of amides is 1. The minimum atomic E-state index is 0.0757. The van der Waals surface area contributed by atoms with Gasteiger partial charge in [-0.3, -0.25) is 9.78 Å². The second-order valence-electron chi connectivity index (χ2n) is 6.72. The van der Waals surface area contributed by atoms with Crippen LogP contribution in [0.1, 0.15) is 28.8 Å². The van der Waals surface area contributed by atoms with Crippen LogP contribution < -0.4 is 0 Å². The second-order valence-corrected chi connectivity index (χ2v) is 6.72. The molecule has 1 aliphatic rings. The van der Waals surface area contributed by atoms with Crippen LogP contribution in [0.15, 0.2) is 71.6 Å². The largest absolute Gasteiger partial charge is 0.464 e. The van der Waals surface area contributed by atoms with Gasteiger partial charge >= 0.3 is 0 Å². The smallest absolute Gasteiger partial charge is 0.253 e. The van der Waals surface area contributed by atoms with Crippen molar-refractivity contribution in [3.8, 4) is 11.3 Å². The molecule has 1 amide bonds. The van der Waals surface area contributed by atoms with E-state index in [2.05, 4.69) is 4.98 Å². The molecule has 0 atom stereocenters. The van der Waals surface area contributed by atoms with Crippen LogP contribution in [0.3, 0.4) is 0 Å². The van der Waals surface area contributed by atoms with Crippen LogP contribution in [0.4, 0.5) is 0 Å². The van der Waals surface area contributed by atoms with Crippen molar-refractivity contribution in [2.45, 2.75) is 25.6 Å². The fourth-order valence-corrected chi connectivity index (χ4v) is 3.33. The predicted octanol–water partition coefficient (Wildman–Crippen LogP) is 4.16. The SMILES string of the molecule is O=C(c1ccc(-c2ccco2)cc1)N1CCC(OCc2cccnc2)CC1. The molecule has 0 N–H and O–H groups in total. The molecule has 138 valence electrons. The quantitative estimate of drug-likeness (QED) is 0.684. The van der Waals surface area contributed by atoms with E-state index in [-0.39, 0.29) is 12.0 Å². The van der Waals surface area contributed by atoms with E-state index >= 15 is 0 Å². The first-order chi connectivity index (χ1) is 13.3. The van der Waals surface area contributed by atoms with Crippen LogP contribution in [0, 0.1) is 0 Å². The van der Waals surface area contributed by atoms with Crippen LogP contribution in [0.5, 0.6) is 0 Å². The third-order valence-corrected chi connectivity index (χ3v) is 4.88. The van der Waals surface area contributed by atoms with Crippen molar-refractivity contribution in [1.29, 1.82) is 0 Å². The number of likely N-dealkylation sites (tertiary alicyclic amines) is 1. The molecular weight excluding hydrogens is 340 g/mol. The molecule has 0 bridgehead atoms. The topological polar surface area (TPSA) is 55.6 Å². The zero-order valence-electron chi connectivity index (χ0n) is 15.1. The maximum absolute atomic E-state index is 12.7. The minimum Gasteiger partial charge on any atom is -0.464 e. The number of carbonyl (C=O) groups excluding carboxylic acids is 1. The molecule has 0 unspecified atom stereocenters. The molecule has 1 saturated heterocycles. The fourth-order valence-electron chi connectivity index (χ4n) is 3.33. The Labute approximate surface area is 158 Å². The first-order valence-corrected chi connectivity index (χ1v) is 9.23. The molecule has 0 radical (unpaired) electrons. The second kappa shape index (κ2) is 8.18. The number of pyridine rings is 1. The highest BCUT2D eigenvalue weighted by Crippen LogP contribution is 2.22. The summed E-state index contributed by atoms with van der Waals surface area (Å²) in [5, 5.41) is 0. The van der Waals surface area contributed by atoms with Gasteiger partial charge in [0.05, 0.1) is 19.0 Å². The van der Waals surface area contributed by atoms with E-state index in [4.69, 9.17) is 9.15 Å². The molecule has 1 aliphatic heterocycles. The van der Waals surface area contributed by atoms with Gasteiger partial charge in [0.25, 0.3) is 5.91 Å². The van der Waals surface area contributed by atoms with Crippen LogP contribution in [-0.2, 0) is 11.3 Å². The van der Waals surface area contributed by atoms with E-state index in [1.165, 1.54) is 0 Å². The van der Waals surface area contributed by atoms with E-state index < -0.39 is 0 Å². The van der Waals surface area contributed by atoms with Crippen LogP contribution in [-0.4, -0.2) is 35.0 Å². The number of carbonyl (C=O) groups is 1. The van der Waals surface area contributed by atoms with E-state index in [9.17, 15) is 4.79 Å². The molecular formula is C22H22N2O3. The molecule has 5 heteroatoms. The van der Waals surface area contributed by atoms with Gasteiger partial charge in [-0.25, -0.2) is 0 Å². The molecule has 5 nitrogen and oxygen atoms in total. The summed E-state index contributed by atoms with van der Waals surface area (Å²) >= 11 is 0. The molecule has 3 aromatic rings. The lowest BCUT2D eigenvalue weighted by molar-refractivity contribution is -0.000468. The Kier molecular flexibility index (Phi) is 5.30. The molecule has 2 aromatic heterocycles. The third kappa shape index (κ3) is 4.26. The van der Waals surface area contributed by atoms with Gasteiger partial charge in [0.15, 0.2) is 0 Å². The fraction of sp³-hybridized carbons (Fsp3) is 0.273. The summed E-state index contributed by atoms with van der Waals surface area (Å²) in [5.41, 5.74) is 2.76. The molecule has 27 heavy (non-hydrogen) atoms. The lowest BCUT2D eigenvalue weighted by Gasteiger charge is -2.32. The summed E-state index contributed by atoms with van der Waals surface area (Å²) in [7, 11) is 0. The summed E-state index contributed by atoms with van der Waals surface area (Å²) in [6.07, 6.45) is 7.14. The summed E-state index contributed by atoms with van der Waals surface area (Å²) in [5.74, 6) is 0.882. The van der Waals surface area contributed by atoms with Crippen LogP contribution >= 0.6 is 0 Å². The Bertz CT molecular complexity index is 852. The molecule has 0 spiro atoms.